The maximum atomic E-state index is 12.4. The standard InChI is InChI=1S/C16H22N2O5S2/c1-11(16(20)18-4-8-25(21,22)9-5-18)17-14(19)10-13-15-12(2-6-23-13)3-7-24-15/h3,7,11,13H,2,4-6,8-10H2,1H3,(H,17,19)/t11-,13+/m0/s1. The summed E-state index contributed by atoms with van der Waals surface area (Å²) in [5, 5.41) is 4.71. The maximum Gasteiger partial charge on any atom is 0.244 e. The highest BCUT2D eigenvalue weighted by Crippen LogP contribution is 2.33. The van der Waals surface area contributed by atoms with Crippen LogP contribution in [0.25, 0.3) is 0 Å². The van der Waals surface area contributed by atoms with Gasteiger partial charge in [0.25, 0.3) is 0 Å². The second-order valence-corrected chi connectivity index (χ2v) is 9.64. The van der Waals surface area contributed by atoms with E-state index in [1.165, 1.54) is 10.5 Å². The Morgan fingerprint density at radius 1 is 1.40 bits per heavy atom. The van der Waals surface area contributed by atoms with E-state index in [1.54, 1.807) is 18.3 Å². The molecule has 1 aromatic heterocycles. The molecule has 1 saturated heterocycles. The zero-order chi connectivity index (χ0) is 18.0. The highest BCUT2D eigenvalue weighted by Gasteiger charge is 2.30. The molecule has 0 radical (unpaired) electrons. The van der Waals surface area contributed by atoms with E-state index < -0.39 is 15.9 Å². The molecule has 9 heteroatoms. The van der Waals surface area contributed by atoms with Gasteiger partial charge in [-0.15, -0.1) is 11.3 Å². The number of amides is 2. The Kier molecular flexibility index (Phi) is 5.45. The van der Waals surface area contributed by atoms with Crippen molar-refractivity contribution in [3.63, 3.8) is 0 Å². The van der Waals surface area contributed by atoms with Crippen molar-refractivity contribution in [3.8, 4) is 0 Å². The molecule has 0 aromatic carbocycles. The molecule has 0 aliphatic carbocycles. The maximum absolute atomic E-state index is 12.4. The highest BCUT2D eigenvalue weighted by atomic mass is 32.2. The van der Waals surface area contributed by atoms with Gasteiger partial charge in [0.15, 0.2) is 9.84 Å². The molecule has 1 N–H and O–H groups in total. The largest absolute Gasteiger partial charge is 0.372 e. The van der Waals surface area contributed by atoms with Gasteiger partial charge in [-0.3, -0.25) is 9.59 Å². The molecule has 3 rings (SSSR count). The minimum Gasteiger partial charge on any atom is -0.372 e. The van der Waals surface area contributed by atoms with Gasteiger partial charge in [0.1, 0.15) is 12.1 Å². The highest BCUT2D eigenvalue weighted by molar-refractivity contribution is 7.91. The predicted molar refractivity (Wildman–Crippen MR) is 94.2 cm³/mol. The Morgan fingerprint density at radius 3 is 2.84 bits per heavy atom. The second-order valence-electron chi connectivity index (χ2n) is 6.39. The molecule has 7 nitrogen and oxygen atoms in total. The van der Waals surface area contributed by atoms with E-state index >= 15 is 0 Å². The molecule has 1 fully saturated rings. The number of fused-ring (bicyclic) bond motifs is 1. The average Bonchev–Trinajstić information content (AvgIpc) is 3.04. The Balaban J connectivity index is 1.52. The topological polar surface area (TPSA) is 92.8 Å². The van der Waals surface area contributed by atoms with Gasteiger partial charge in [0.05, 0.1) is 24.5 Å². The van der Waals surface area contributed by atoms with Crippen molar-refractivity contribution in [2.24, 2.45) is 0 Å². The van der Waals surface area contributed by atoms with E-state index in [0.29, 0.717) is 6.61 Å². The third-order valence-corrected chi connectivity index (χ3v) is 7.20. The quantitative estimate of drug-likeness (QED) is 0.814. The second kappa shape index (κ2) is 7.43. The van der Waals surface area contributed by atoms with Crippen molar-refractivity contribution in [3.05, 3.63) is 21.9 Å². The smallest absolute Gasteiger partial charge is 0.244 e. The monoisotopic (exact) mass is 386 g/mol. The van der Waals surface area contributed by atoms with E-state index in [1.807, 2.05) is 5.38 Å². The van der Waals surface area contributed by atoms with Gasteiger partial charge in [-0.25, -0.2) is 8.42 Å². The van der Waals surface area contributed by atoms with Crippen molar-refractivity contribution < 1.29 is 22.7 Å². The molecule has 0 bridgehead atoms. The van der Waals surface area contributed by atoms with Crippen LogP contribution in [-0.2, 0) is 30.6 Å². The van der Waals surface area contributed by atoms with E-state index in [9.17, 15) is 18.0 Å². The van der Waals surface area contributed by atoms with Gasteiger partial charge in [-0.05, 0) is 30.4 Å². The van der Waals surface area contributed by atoms with Crippen molar-refractivity contribution in [2.45, 2.75) is 31.9 Å². The number of hydrogen-bond donors (Lipinski definition) is 1. The number of rotatable bonds is 4. The molecule has 2 atom stereocenters. The lowest BCUT2D eigenvalue weighted by Gasteiger charge is -2.29. The fraction of sp³-hybridized carbons (Fsp3) is 0.625. The molecule has 138 valence electrons. The van der Waals surface area contributed by atoms with E-state index in [4.69, 9.17) is 4.74 Å². The van der Waals surface area contributed by atoms with Gasteiger partial charge in [-0.1, -0.05) is 0 Å². The SMILES string of the molecule is C[C@H](NC(=O)C[C@H]1OCCc2ccsc21)C(=O)N1CCS(=O)(=O)CC1. The summed E-state index contributed by atoms with van der Waals surface area (Å²) in [7, 11) is -3.04. The Morgan fingerprint density at radius 2 is 2.12 bits per heavy atom. The van der Waals surface area contributed by atoms with Crippen LogP contribution in [0.5, 0.6) is 0 Å². The molecule has 1 aromatic rings. The van der Waals surface area contributed by atoms with Crippen LogP contribution in [-0.4, -0.2) is 62.4 Å². The summed E-state index contributed by atoms with van der Waals surface area (Å²) in [6.45, 7) is 2.59. The summed E-state index contributed by atoms with van der Waals surface area (Å²) in [6, 6.07) is 1.38. The molecular formula is C16H22N2O5S2. The number of nitrogens with zero attached hydrogens (tertiary/aromatic N) is 1. The zero-order valence-corrected chi connectivity index (χ0v) is 15.7. The molecule has 25 heavy (non-hydrogen) atoms. The molecular weight excluding hydrogens is 364 g/mol. The van der Waals surface area contributed by atoms with E-state index in [0.717, 1.165) is 11.3 Å². The van der Waals surface area contributed by atoms with E-state index in [2.05, 4.69) is 11.4 Å². The first-order chi connectivity index (χ1) is 11.9. The molecule has 0 unspecified atom stereocenters. The lowest BCUT2D eigenvalue weighted by molar-refractivity contribution is -0.136. The van der Waals surface area contributed by atoms with Crippen LogP contribution in [0.15, 0.2) is 11.4 Å². The van der Waals surface area contributed by atoms with Gasteiger partial charge in [-0.2, -0.15) is 0 Å². The number of carbonyl (C=O) groups excluding carboxylic acids is 2. The summed E-state index contributed by atoms with van der Waals surface area (Å²) < 4.78 is 28.6. The normalized spacial score (nSPS) is 23.6. The Hall–Kier alpha value is -1.45. The van der Waals surface area contributed by atoms with Crippen LogP contribution in [0, 0.1) is 0 Å². The lowest BCUT2D eigenvalue weighted by Crippen LogP contribution is -2.51. The minimum atomic E-state index is -3.04. The first-order valence-electron chi connectivity index (χ1n) is 8.32. The first kappa shape index (κ1) is 18.3. The molecule has 3 heterocycles. The Labute approximate surface area is 151 Å². The number of ether oxygens (including phenoxy) is 1. The third-order valence-electron chi connectivity index (χ3n) is 4.54. The average molecular weight is 386 g/mol. The molecule has 2 aliphatic rings. The fourth-order valence-electron chi connectivity index (χ4n) is 3.11. The molecule has 2 amide bonds. The van der Waals surface area contributed by atoms with E-state index in [-0.39, 0.29) is 48.9 Å². The van der Waals surface area contributed by atoms with Crippen LogP contribution in [0.3, 0.4) is 0 Å². The number of sulfone groups is 1. The van der Waals surface area contributed by atoms with Crippen LogP contribution in [0.2, 0.25) is 0 Å². The van der Waals surface area contributed by atoms with Crippen LogP contribution >= 0.6 is 11.3 Å². The third kappa shape index (κ3) is 4.39. The van der Waals surface area contributed by atoms with Gasteiger partial charge in [0.2, 0.25) is 11.8 Å². The summed E-state index contributed by atoms with van der Waals surface area (Å²) in [4.78, 5) is 27.3. The van der Waals surface area contributed by atoms with Crippen LogP contribution in [0.1, 0.15) is 29.9 Å². The summed E-state index contributed by atoms with van der Waals surface area (Å²) >= 11 is 1.59. The summed E-state index contributed by atoms with van der Waals surface area (Å²) in [6.07, 6.45) is 0.787. The Bertz CT molecular complexity index is 744. The van der Waals surface area contributed by atoms with Gasteiger partial charge in [0, 0.05) is 18.0 Å². The molecule has 0 spiro atoms. The number of thiophene rings is 1. The van der Waals surface area contributed by atoms with Crippen molar-refractivity contribution in [1.82, 2.24) is 10.2 Å². The predicted octanol–water partition coefficient (Wildman–Crippen LogP) is 0.514. The van der Waals surface area contributed by atoms with Crippen LogP contribution in [0.4, 0.5) is 0 Å². The van der Waals surface area contributed by atoms with Gasteiger partial charge < -0.3 is 15.0 Å². The van der Waals surface area contributed by atoms with Crippen LogP contribution < -0.4 is 5.32 Å². The number of hydrogen-bond acceptors (Lipinski definition) is 6. The van der Waals surface area contributed by atoms with Gasteiger partial charge >= 0.3 is 0 Å². The molecule has 2 aliphatic heterocycles. The van der Waals surface area contributed by atoms with Crippen molar-refractivity contribution in [2.75, 3.05) is 31.2 Å². The minimum absolute atomic E-state index is 0.0174. The molecule has 0 saturated carbocycles. The zero-order valence-electron chi connectivity index (χ0n) is 14.1. The lowest BCUT2D eigenvalue weighted by atomic mass is 10.1. The fourth-order valence-corrected chi connectivity index (χ4v) is 5.32. The summed E-state index contributed by atoms with van der Waals surface area (Å²) in [5.41, 5.74) is 1.23. The van der Waals surface area contributed by atoms with Crippen molar-refractivity contribution >= 4 is 33.0 Å². The number of nitrogens with one attached hydrogen (secondary N) is 1. The number of carbonyl (C=O) groups is 2. The summed E-state index contributed by atoms with van der Waals surface area (Å²) in [5.74, 6) is -0.520. The van der Waals surface area contributed by atoms with Crippen molar-refractivity contribution in [1.29, 1.82) is 0 Å². The first-order valence-corrected chi connectivity index (χ1v) is 11.0.